The monoisotopic (exact) mass is 379 g/mol. The van der Waals surface area contributed by atoms with Crippen molar-refractivity contribution in [1.29, 1.82) is 0 Å². The van der Waals surface area contributed by atoms with E-state index < -0.39 is 0 Å². The molecule has 0 saturated heterocycles. The van der Waals surface area contributed by atoms with Crippen molar-refractivity contribution in [2.45, 2.75) is 54.4 Å². The zero-order valence-corrected chi connectivity index (χ0v) is 18.0. The summed E-state index contributed by atoms with van der Waals surface area (Å²) in [5.74, 6) is 7.34. The molecule has 0 bridgehead atoms. The Morgan fingerprint density at radius 2 is 1.04 bits per heavy atom. The van der Waals surface area contributed by atoms with Crippen LogP contribution in [-0.2, 0) is 19.4 Å². The van der Waals surface area contributed by atoms with Gasteiger partial charge in [0.25, 0.3) is 0 Å². The summed E-state index contributed by atoms with van der Waals surface area (Å²) in [5.41, 5.74) is 0. The second-order valence-corrected chi connectivity index (χ2v) is 5.77. The fourth-order valence-electron chi connectivity index (χ4n) is 2.41. The quantitative estimate of drug-likeness (QED) is 0.662. The van der Waals surface area contributed by atoms with Gasteiger partial charge >= 0.3 is 28.7 Å². The SMILES string of the molecule is CCCCN(CCO)CCO.C[C]1[C](C)[C](C)[C](C)[C]1C.[Cl][Ti+]. The normalized spacial score (nSPS) is 17.8. The number of unbranched alkanes of at least 4 members (excludes halogenated alkanes) is 1. The predicted molar refractivity (Wildman–Crippen MR) is 96.0 cm³/mol. The number of hydrogen-bond acceptors (Lipinski definition) is 3. The van der Waals surface area contributed by atoms with Crippen LogP contribution in [0.3, 0.4) is 0 Å². The van der Waals surface area contributed by atoms with Gasteiger partial charge in [0, 0.05) is 13.1 Å². The number of nitrogens with zero attached hydrogens (tertiary/aromatic N) is 1. The molecule has 133 valence electrons. The van der Waals surface area contributed by atoms with Gasteiger partial charge in [-0.2, -0.15) is 0 Å². The second-order valence-electron chi connectivity index (χ2n) is 5.77. The summed E-state index contributed by atoms with van der Waals surface area (Å²) in [6, 6.07) is 0. The maximum absolute atomic E-state index is 8.64. The Hall–Kier alpha value is 0.884. The molecular formula is C18H34ClNO2Ti+. The molecule has 0 aromatic heterocycles. The summed E-state index contributed by atoms with van der Waals surface area (Å²) < 4.78 is 0. The van der Waals surface area contributed by atoms with Gasteiger partial charge in [0.15, 0.2) is 0 Å². The van der Waals surface area contributed by atoms with Crippen molar-refractivity contribution >= 4 is 9.30 Å². The first-order valence-corrected chi connectivity index (χ1v) is 10.4. The average Bonchev–Trinajstić information content (AvgIpc) is 2.73. The van der Waals surface area contributed by atoms with Gasteiger partial charge in [-0.3, -0.25) is 4.90 Å². The van der Waals surface area contributed by atoms with Crippen LogP contribution in [-0.4, -0.2) is 48.0 Å². The first-order valence-electron chi connectivity index (χ1n) is 8.23. The molecule has 1 aliphatic rings. The number of hydrogen-bond donors (Lipinski definition) is 2. The van der Waals surface area contributed by atoms with E-state index in [1.807, 2.05) is 0 Å². The van der Waals surface area contributed by atoms with Crippen molar-refractivity contribution < 1.29 is 29.6 Å². The zero-order valence-electron chi connectivity index (χ0n) is 15.7. The molecular weight excluding hydrogens is 346 g/mol. The Kier molecular flexibility index (Phi) is 18.6. The molecule has 0 aromatic rings. The Labute approximate surface area is 160 Å². The van der Waals surface area contributed by atoms with Gasteiger partial charge in [-0.05, 0) is 42.6 Å². The van der Waals surface area contributed by atoms with E-state index in [1.165, 1.54) is 49.0 Å². The Morgan fingerprint density at radius 1 is 0.739 bits per heavy atom. The summed E-state index contributed by atoms with van der Waals surface area (Å²) in [5, 5.41) is 17.3. The van der Waals surface area contributed by atoms with Crippen molar-refractivity contribution in [1.82, 2.24) is 4.90 Å². The molecule has 0 atom stereocenters. The molecule has 0 aromatic carbocycles. The molecule has 5 heteroatoms. The molecule has 1 rings (SSSR count). The van der Waals surface area contributed by atoms with Gasteiger partial charge in [0.1, 0.15) is 0 Å². The Morgan fingerprint density at radius 3 is 1.26 bits per heavy atom. The van der Waals surface area contributed by atoms with Gasteiger partial charge in [0.05, 0.1) is 13.2 Å². The van der Waals surface area contributed by atoms with Gasteiger partial charge in [-0.25, -0.2) is 0 Å². The van der Waals surface area contributed by atoms with E-state index in [0.717, 1.165) is 19.4 Å². The molecule has 5 radical (unpaired) electrons. The summed E-state index contributed by atoms with van der Waals surface area (Å²) in [6.07, 6.45) is 2.30. The van der Waals surface area contributed by atoms with E-state index >= 15 is 0 Å². The third-order valence-corrected chi connectivity index (χ3v) is 4.47. The van der Waals surface area contributed by atoms with Crippen LogP contribution in [0.5, 0.6) is 0 Å². The van der Waals surface area contributed by atoms with E-state index in [9.17, 15) is 0 Å². The molecule has 2 N–H and O–H groups in total. The maximum atomic E-state index is 8.64. The average molecular weight is 380 g/mol. The van der Waals surface area contributed by atoms with Crippen LogP contribution in [0, 0.1) is 29.6 Å². The molecule has 3 nitrogen and oxygen atoms in total. The molecule has 0 amide bonds. The van der Waals surface area contributed by atoms with Crippen LogP contribution < -0.4 is 0 Å². The summed E-state index contributed by atoms with van der Waals surface area (Å²) >= 11 is 1.47. The Bertz CT molecular complexity index is 208. The first kappa shape index (κ1) is 26.1. The summed E-state index contributed by atoms with van der Waals surface area (Å²) in [7, 11) is 4.64. The molecule has 1 aliphatic carbocycles. The van der Waals surface area contributed by atoms with E-state index in [0.29, 0.717) is 13.1 Å². The Balaban J connectivity index is 0. The molecule has 0 heterocycles. The van der Waals surface area contributed by atoms with E-state index in [2.05, 4.69) is 55.7 Å². The summed E-state index contributed by atoms with van der Waals surface area (Å²) in [6.45, 7) is 15.8. The zero-order chi connectivity index (χ0) is 18.4. The van der Waals surface area contributed by atoms with Crippen LogP contribution in [0.15, 0.2) is 0 Å². The fourth-order valence-corrected chi connectivity index (χ4v) is 2.41. The van der Waals surface area contributed by atoms with Crippen LogP contribution in [0.1, 0.15) is 54.4 Å². The van der Waals surface area contributed by atoms with Gasteiger partial charge in [-0.1, -0.05) is 48.0 Å². The van der Waals surface area contributed by atoms with Crippen LogP contribution in [0.2, 0.25) is 0 Å². The van der Waals surface area contributed by atoms with Crippen molar-refractivity contribution in [3.8, 4) is 0 Å². The fraction of sp³-hybridized carbons (Fsp3) is 0.722. The molecule has 0 spiro atoms. The third-order valence-electron chi connectivity index (χ3n) is 4.47. The van der Waals surface area contributed by atoms with Crippen LogP contribution in [0.25, 0.3) is 0 Å². The molecule has 1 fully saturated rings. The summed E-state index contributed by atoms with van der Waals surface area (Å²) in [4.78, 5) is 2.07. The third kappa shape index (κ3) is 10.5. The van der Waals surface area contributed by atoms with Crippen molar-refractivity contribution in [3.05, 3.63) is 29.6 Å². The first-order chi connectivity index (χ1) is 10.9. The number of aliphatic hydroxyl groups excluding tert-OH is 2. The number of aliphatic hydroxyl groups is 2. The molecule has 23 heavy (non-hydrogen) atoms. The minimum atomic E-state index is 0.184. The van der Waals surface area contributed by atoms with Gasteiger partial charge in [0.2, 0.25) is 0 Å². The molecule has 0 unspecified atom stereocenters. The van der Waals surface area contributed by atoms with Crippen molar-refractivity contribution in [3.63, 3.8) is 0 Å². The minimum absolute atomic E-state index is 0.184. The van der Waals surface area contributed by atoms with E-state index in [4.69, 9.17) is 10.2 Å². The second kappa shape index (κ2) is 16.4. The topological polar surface area (TPSA) is 43.7 Å². The van der Waals surface area contributed by atoms with Gasteiger partial charge < -0.3 is 10.2 Å². The van der Waals surface area contributed by atoms with Crippen molar-refractivity contribution in [2.75, 3.05) is 32.8 Å². The van der Waals surface area contributed by atoms with Crippen molar-refractivity contribution in [2.24, 2.45) is 0 Å². The number of rotatable bonds is 7. The number of halogens is 1. The molecule has 0 aliphatic heterocycles. The predicted octanol–water partition coefficient (Wildman–Crippen LogP) is 3.73. The van der Waals surface area contributed by atoms with Crippen LogP contribution in [0.4, 0.5) is 0 Å². The van der Waals surface area contributed by atoms with E-state index in [1.54, 1.807) is 0 Å². The van der Waals surface area contributed by atoms with Crippen LogP contribution >= 0.6 is 9.30 Å². The van der Waals surface area contributed by atoms with Gasteiger partial charge in [-0.15, -0.1) is 0 Å². The standard InChI is InChI=1S/C10H15.C8H19NO2.ClH.Ti/c1-6-7(2)9(4)10(5)8(6)3;1-2-3-4-9(5-7-10)6-8-11;;/h1-5H3;10-11H,2-8H2,1H3;1H;/q;;;+2/p-1. The molecule has 1 saturated carbocycles. The van der Waals surface area contributed by atoms with E-state index in [-0.39, 0.29) is 13.2 Å².